The van der Waals surface area contributed by atoms with Crippen molar-refractivity contribution >= 4 is 47.6 Å². The van der Waals surface area contributed by atoms with E-state index in [1.165, 1.54) is 0 Å². The average Bonchev–Trinajstić information content (AvgIpc) is 2.94. The van der Waals surface area contributed by atoms with Crippen molar-refractivity contribution in [3.63, 3.8) is 0 Å². The van der Waals surface area contributed by atoms with Crippen LogP contribution in [0.5, 0.6) is 0 Å². The molecule has 118 valence electrons. The van der Waals surface area contributed by atoms with Gasteiger partial charge in [-0.1, -0.05) is 28.1 Å². The van der Waals surface area contributed by atoms with Crippen LogP contribution >= 0.6 is 31.9 Å². The molecule has 1 N–H and O–H groups in total. The first-order chi connectivity index (χ1) is 11.0. The molecule has 0 aliphatic carbocycles. The van der Waals surface area contributed by atoms with Crippen LogP contribution in [0.15, 0.2) is 74.8 Å². The van der Waals surface area contributed by atoms with E-state index in [2.05, 4.69) is 41.7 Å². The topological polar surface area (TPSA) is 64.0 Å². The SMILES string of the molecule is O=S(=O)(Nc1ccccc1-n1cc(Br)cn1)c1ccc(Br)cc1. The molecule has 1 heterocycles. The van der Waals surface area contributed by atoms with Crippen LogP contribution in [0.3, 0.4) is 0 Å². The summed E-state index contributed by atoms with van der Waals surface area (Å²) in [6.07, 6.45) is 3.40. The molecule has 0 spiro atoms. The summed E-state index contributed by atoms with van der Waals surface area (Å²) in [4.78, 5) is 0.192. The van der Waals surface area contributed by atoms with Crippen LogP contribution in [0.1, 0.15) is 0 Å². The summed E-state index contributed by atoms with van der Waals surface area (Å²) < 4.78 is 30.9. The minimum Gasteiger partial charge on any atom is -0.277 e. The lowest BCUT2D eigenvalue weighted by molar-refractivity contribution is 0.601. The molecule has 0 amide bonds. The summed E-state index contributed by atoms with van der Waals surface area (Å²) in [6.45, 7) is 0. The molecule has 0 fully saturated rings. The van der Waals surface area contributed by atoms with E-state index in [4.69, 9.17) is 0 Å². The van der Waals surface area contributed by atoms with Gasteiger partial charge in [-0.2, -0.15) is 5.10 Å². The Kier molecular flexibility index (Phi) is 4.56. The van der Waals surface area contributed by atoms with Crippen LogP contribution in [0.4, 0.5) is 5.69 Å². The van der Waals surface area contributed by atoms with Gasteiger partial charge in [0.25, 0.3) is 10.0 Å². The molecule has 0 radical (unpaired) electrons. The van der Waals surface area contributed by atoms with Crippen molar-refractivity contribution in [1.29, 1.82) is 0 Å². The fourth-order valence-corrected chi connectivity index (χ4v) is 3.63. The van der Waals surface area contributed by atoms with E-state index >= 15 is 0 Å². The van der Waals surface area contributed by atoms with Gasteiger partial charge >= 0.3 is 0 Å². The van der Waals surface area contributed by atoms with E-state index in [0.29, 0.717) is 11.4 Å². The first-order valence-electron chi connectivity index (χ1n) is 6.54. The second kappa shape index (κ2) is 6.46. The maximum absolute atomic E-state index is 12.5. The standard InChI is InChI=1S/C15H11Br2N3O2S/c16-11-5-7-13(8-6-11)23(21,22)19-14-3-1-2-4-15(14)20-10-12(17)9-18-20/h1-10,19H. The van der Waals surface area contributed by atoms with Crippen LogP contribution in [0.2, 0.25) is 0 Å². The second-order valence-electron chi connectivity index (χ2n) is 4.68. The number of sulfonamides is 1. The van der Waals surface area contributed by atoms with Crippen molar-refractivity contribution in [1.82, 2.24) is 9.78 Å². The Hall–Kier alpha value is -1.64. The van der Waals surface area contributed by atoms with Crippen LogP contribution in [0.25, 0.3) is 5.69 Å². The number of hydrogen-bond donors (Lipinski definition) is 1. The van der Waals surface area contributed by atoms with Crippen molar-refractivity contribution in [2.75, 3.05) is 4.72 Å². The van der Waals surface area contributed by atoms with Crippen LogP contribution < -0.4 is 4.72 Å². The molecular weight excluding hydrogens is 446 g/mol. The molecule has 0 saturated carbocycles. The van der Waals surface area contributed by atoms with Gasteiger partial charge in [0, 0.05) is 10.7 Å². The molecule has 1 aromatic heterocycles. The second-order valence-corrected chi connectivity index (χ2v) is 8.19. The highest BCUT2D eigenvalue weighted by Crippen LogP contribution is 2.24. The number of benzene rings is 2. The highest BCUT2D eigenvalue weighted by atomic mass is 79.9. The van der Waals surface area contributed by atoms with E-state index in [1.807, 2.05) is 6.07 Å². The van der Waals surface area contributed by atoms with Crippen molar-refractivity contribution in [2.45, 2.75) is 4.90 Å². The van der Waals surface area contributed by atoms with Gasteiger partial charge in [-0.15, -0.1) is 0 Å². The maximum atomic E-state index is 12.5. The smallest absolute Gasteiger partial charge is 0.261 e. The van der Waals surface area contributed by atoms with Gasteiger partial charge in [0.15, 0.2) is 0 Å². The van der Waals surface area contributed by atoms with Crippen LogP contribution in [-0.4, -0.2) is 18.2 Å². The Labute approximate surface area is 150 Å². The molecule has 0 atom stereocenters. The Morgan fingerprint density at radius 1 is 0.957 bits per heavy atom. The molecule has 0 unspecified atom stereocenters. The number of rotatable bonds is 4. The number of anilines is 1. The number of nitrogens with zero attached hydrogens (tertiary/aromatic N) is 2. The Morgan fingerprint density at radius 2 is 1.65 bits per heavy atom. The highest BCUT2D eigenvalue weighted by molar-refractivity contribution is 9.10. The van der Waals surface area contributed by atoms with Gasteiger partial charge in [-0.25, -0.2) is 13.1 Å². The summed E-state index contributed by atoms with van der Waals surface area (Å²) in [5, 5.41) is 4.19. The minimum atomic E-state index is -3.68. The Morgan fingerprint density at radius 3 is 2.30 bits per heavy atom. The lowest BCUT2D eigenvalue weighted by Crippen LogP contribution is -2.14. The molecule has 2 aromatic carbocycles. The van der Waals surface area contributed by atoms with Crippen molar-refractivity contribution in [2.24, 2.45) is 0 Å². The zero-order chi connectivity index (χ0) is 16.4. The van der Waals surface area contributed by atoms with E-state index in [0.717, 1.165) is 8.95 Å². The van der Waals surface area contributed by atoms with Crippen molar-refractivity contribution in [3.8, 4) is 5.69 Å². The number of halogens is 2. The number of hydrogen-bond acceptors (Lipinski definition) is 3. The van der Waals surface area contributed by atoms with Gasteiger partial charge in [-0.05, 0) is 52.3 Å². The quantitative estimate of drug-likeness (QED) is 0.639. The van der Waals surface area contributed by atoms with E-state index < -0.39 is 10.0 Å². The summed E-state index contributed by atoms with van der Waals surface area (Å²) >= 11 is 6.62. The fourth-order valence-electron chi connectivity index (χ4n) is 2.01. The first-order valence-corrected chi connectivity index (χ1v) is 9.60. The fraction of sp³-hybridized carbons (Fsp3) is 0. The third-order valence-electron chi connectivity index (χ3n) is 3.07. The van der Waals surface area contributed by atoms with E-state index in [9.17, 15) is 8.42 Å². The van der Waals surface area contributed by atoms with Crippen LogP contribution in [0, 0.1) is 0 Å². The molecule has 0 bridgehead atoms. The molecule has 23 heavy (non-hydrogen) atoms. The zero-order valence-electron chi connectivity index (χ0n) is 11.6. The highest BCUT2D eigenvalue weighted by Gasteiger charge is 2.16. The van der Waals surface area contributed by atoms with Gasteiger partial charge in [-0.3, -0.25) is 4.72 Å². The van der Waals surface area contributed by atoms with Gasteiger partial charge in [0.1, 0.15) is 0 Å². The Balaban J connectivity index is 1.98. The predicted octanol–water partition coefficient (Wildman–Crippen LogP) is 4.20. The zero-order valence-corrected chi connectivity index (χ0v) is 15.6. The van der Waals surface area contributed by atoms with Gasteiger partial charge in [0.05, 0.1) is 26.9 Å². The summed E-state index contributed by atoms with van der Waals surface area (Å²) in [6, 6.07) is 13.5. The van der Waals surface area contributed by atoms with Gasteiger partial charge in [0.2, 0.25) is 0 Å². The molecule has 3 rings (SSSR count). The monoisotopic (exact) mass is 455 g/mol. The number of para-hydroxylation sites is 2. The third kappa shape index (κ3) is 3.65. The number of aromatic nitrogens is 2. The molecule has 0 aliphatic rings. The third-order valence-corrected chi connectivity index (χ3v) is 5.39. The average molecular weight is 457 g/mol. The van der Waals surface area contributed by atoms with Crippen molar-refractivity contribution < 1.29 is 8.42 Å². The molecular formula is C15H11Br2N3O2S. The first kappa shape index (κ1) is 16.2. The molecule has 3 aromatic rings. The van der Waals surface area contributed by atoms with Crippen LogP contribution in [-0.2, 0) is 10.0 Å². The summed E-state index contributed by atoms with van der Waals surface area (Å²) in [5.74, 6) is 0. The largest absolute Gasteiger partial charge is 0.277 e. The minimum absolute atomic E-state index is 0.192. The normalized spacial score (nSPS) is 11.4. The molecule has 0 aliphatic heterocycles. The predicted molar refractivity (Wildman–Crippen MR) is 96.2 cm³/mol. The number of nitrogens with one attached hydrogen (secondary N) is 1. The van der Waals surface area contributed by atoms with Gasteiger partial charge < -0.3 is 0 Å². The molecule has 8 heteroatoms. The van der Waals surface area contributed by atoms with E-state index in [-0.39, 0.29) is 4.90 Å². The lowest BCUT2D eigenvalue weighted by atomic mass is 10.3. The Bertz CT molecular complexity index is 937. The molecule has 5 nitrogen and oxygen atoms in total. The summed E-state index contributed by atoms with van der Waals surface area (Å²) in [7, 11) is -3.68. The summed E-state index contributed by atoms with van der Waals surface area (Å²) in [5.41, 5.74) is 1.09. The van der Waals surface area contributed by atoms with E-state index in [1.54, 1.807) is 59.5 Å². The van der Waals surface area contributed by atoms with Crippen molar-refractivity contribution in [3.05, 3.63) is 69.9 Å². The lowest BCUT2D eigenvalue weighted by Gasteiger charge is -2.12. The maximum Gasteiger partial charge on any atom is 0.261 e. The molecule has 0 saturated heterocycles.